The number of hydrogen-bond acceptors (Lipinski definition) is 2. The fourth-order valence-electron chi connectivity index (χ4n) is 5.36. The zero-order chi connectivity index (χ0) is 17.8. The average Bonchev–Trinajstić information content (AvgIpc) is 3.30. The summed E-state index contributed by atoms with van der Waals surface area (Å²) >= 11 is 0. The van der Waals surface area contributed by atoms with Crippen LogP contribution in [0.15, 0.2) is 36.5 Å². The van der Waals surface area contributed by atoms with Crippen LogP contribution in [0.5, 0.6) is 0 Å². The van der Waals surface area contributed by atoms with Gasteiger partial charge in [-0.1, -0.05) is 0 Å². The van der Waals surface area contributed by atoms with E-state index in [2.05, 4.69) is 9.88 Å². The van der Waals surface area contributed by atoms with Gasteiger partial charge in [-0.05, 0) is 61.7 Å². The van der Waals surface area contributed by atoms with Gasteiger partial charge in [-0.15, -0.1) is 0 Å². The molecule has 2 bridgehead atoms. The number of aromatic nitrogens is 1. The fraction of sp³-hybridized carbons (Fsp3) is 0.450. The van der Waals surface area contributed by atoms with Crippen molar-refractivity contribution < 1.29 is 13.6 Å². The van der Waals surface area contributed by atoms with Crippen LogP contribution in [0.1, 0.15) is 34.8 Å². The minimum absolute atomic E-state index is 0.0156. The summed E-state index contributed by atoms with van der Waals surface area (Å²) in [7, 11) is 0. The maximum absolute atomic E-state index is 13.8. The molecule has 0 radical (unpaired) electrons. The van der Waals surface area contributed by atoms with Gasteiger partial charge in [-0.25, -0.2) is 8.78 Å². The molecule has 1 amide bonds. The van der Waals surface area contributed by atoms with Crippen LogP contribution in [0.2, 0.25) is 0 Å². The number of fused-ring (bicyclic) bond motifs is 2. The van der Waals surface area contributed by atoms with E-state index in [-0.39, 0.29) is 23.9 Å². The number of likely N-dealkylation sites (tertiary alicyclic amines) is 1. The third kappa shape index (κ3) is 2.39. The van der Waals surface area contributed by atoms with Gasteiger partial charge in [0.2, 0.25) is 0 Å². The number of amides is 1. The van der Waals surface area contributed by atoms with Crippen molar-refractivity contribution in [3.8, 4) is 0 Å². The minimum atomic E-state index is -0.554. The summed E-state index contributed by atoms with van der Waals surface area (Å²) in [6, 6.07) is 7.62. The molecule has 0 aliphatic carbocycles. The van der Waals surface area contributed by atoms with Gasteiger partial charge < -0.3 is 9.88 Å². The molecule has 1 aromatic carbocycles. The Morgan fingerprint density at radius 3 is 2.46 bits per heavy atom. The first-order valence-electron chi connectivity index (χ1n) is 9.26. The number of carbonyl (C=O) groups excluding carboxylic acids is 1. The molecule has 4 nitrogen and oxygen atoms in total. The number of benzene rings is 1. The molecule has 4 aliphatic heterocycles. The fourth-order valence-corrected chi connectivity index (χ4v) is 5.36. The molecule has 0 spiro atoms. The first-order valence-corrected chi connectivity index (χ1v) is 9.26. The highest BCUT2D eigenvalue weighted by molar-refractivity contribution is 5.93. The molecular weight excluding hydrogens is 336 g/mol. The number of halogens is 2. The number of piperidine rings is 3. The van der Waals surface area contributed by atoms with Crippen molar-refractivity contribution in [3.63, 3.8) is 0 Å². The second-order valence-corrected chi connectivity index (χ2v) is 7.71. The Labute approximate surface area is 150 Å². The summed E-state index contributed by atoms with van der Waals surface area (Å²) in [4.78, 5) is 20.4. The standard InChI is InChI=1S/C20H21F2N3O/c21-14-8-13(9-15(22)10-14)16-11-25(20(26)17-2-1-5-23-17)18-12-3-6-24(7-4-12)19(16)18/h1-2,5,8-10,12,16,18-19,23H,3-4,6-7,11H2/t16-,18+,19+/m0/s1. The van der Waals surface area contributed by atoms with E-state index in [1.54, 1.807) is 12.3 Å². The van der Waals surface area contributed by atoms with Crippen molar-refractivity contribution >= 4 is 5.91 Å². The Morgan fingerprint density at radius 2 is 1.81 bits per heavy atom. The number of H-pyrrole nitrogens is 1. The van der Waals surface area contributed by atoms with Gasteiger partial charge in [0.25, 0.3) is 5.91 Å². The van der Waals surface area contributed by atoms with E-state index in [4.69, 9.17) is 0 Å². The van der Waals surface area contributed by atoms with Gasteiger partial charge in [0.1, 0.15) is 17.3 Å². The number of nitrogens with one attached hydrogen (secondary N) is 1. The van der Waals surface area contributed by atoms with Gasteiger partial charge in [-0.3, -0.25) is 9.69 Å². The highest BCUT2D eigenvalue weighted by Gasteiger charge is 2.54. The Kier molecular flexibility index (Phi) is 3.64. The van der Waals surface area contributed by atoms with Gasteiger partial charge in [-0.2, -0.15) is 0 Å². The maximum atomic E-state index is 13.8. The van der Waals surface area contributed by atoms with Gasteiger partial charge in [0, 0.05) is 30.8 Å². The van der Waals surface area contributed by atoms with Crippen LogP contribution in [0.4, 0.5) is 8.78 Å². The Balaban J connectivity index is 1.55. The number of hydrogen-bond donors (Lipinski definition) is 1. The molecule has 0 saturated carbocycles. The van der Waals surface area contributed by atoms with Crippen molar-refractivity contribution in [2.75, 3.05) is 19.6 Å². The maximum Gasteiger partial charge on any atom is 0.270 e. The molecule has 1 N–H and O–H groups in total. The lowest BCUT2D eigenvalue weighted by molar-refractivity contribution is -0.00359. The molecule has 6 rings (SSSR count). The van der Waals surface area contributed by atoms with E-state index in [0.717, 1.165) is 32.0 Å². The highest BCUT2D eigenvalue weighted by Crippen LogP contribution is 2.47. The van der Waals surface area contributed by atoms with Crippen LogP contribution >= 0.6 is 0 Å². The van der Waals surface area contributed by atoms with Crippen molar-refractivity contribution in [1.82, 2.24) is 14.8 Å². The quantitative estimate of drug-likeness (QED) is 0.898. The molecule has 2 aromatic rings. The SMILES string of the molecule is O=C(c1ccc[nH]1)N1C[C@@H](c2cc(F)cc(F)c2)[C@@H]2[C@H]1C1CCN2CC1. The lowest BCUT2D eigenvalue weighted by atomic mass is 9.75. The zero-order valence-electron chi connectivity index (χ0n) is 14.4. The molecule has 26 heavy (non-hydrogen) atoms. The van der Waals surface area contributed by atoms with E-state index in [9.17, 15) is 13.6 Å². The molecule has 6 heteroatoms. The smallest absolute Gasteiger partial charge is 0.270 e. The Hall–Kier alpha value is -2.21. The van der Waals surface area contributed by atoms with Crippen LogP contribution in [0, 0.1) is 17.6 Å². The van der Waals surface area contributed by atoms with Crippen LogP contribution < -0.4 is 0 Å². The number of rotatable bonds is 2. The van der Waals surface area contributed by atoms with Gasteiger partial charge >= 0.3 is 0 Å². The topological polar surface area (TPSA) is 39.3 Å². The van der Waals surface area contributed by atoms with Gasteiger partial charge in [0.05, 0.1) is 6.04 Å². The molecule has 4 fully saturated rings. The summed E-state index contributed by atoms with van der Waals surface area (Å²) < 4.78 is 27.7. The zero-order valence-corrected chi connectivity index (χ0v) is 14.4. The second-order valence-electron chi connectivity index (χ2n) is 7.71. The normalized spacial score (nSPS) is 32.7. The molecule has 0 unspecified atom stereocenters. The summed E-state index contributed by atoms with van der Waals surface area (Å²) in [6.07, 6.45) is 3.91. The van der Waals surface area contributed by atoms with E-state index < -0.39 is 11.6 Å². The number of nitrogens with zero attached hydrogens (tertiary/aromatic N) is 2. The van der Waals surface area contributed by atoms with Crippen molar-refractivity contribution in [2.45, 2.75) is 30.8 Å². The van der Waals surface area contributed by atoms with E-state index in [1.165, 1.54) is 12.1 Å². The van der Waals surface area contributed by atoms with Gasteiger partial charge in [0.15, 0.2) is 0 Å². The molecule has 4 aliphatic rings. The van der Waals surface area contributed by atoms with E-state index in [1.807, 2.05) is 11.0 Å². The van der Waals surface area contributed by atoms with Crippen LogP contribution in [0.25, 0.3) is 0 Å². The summed E-state index contributed by atoms with van der Waals surface area (Å²) in [5, 5.41) is 0. The molecule has 4 saturated heterocycles. The summed E-state index contributed by atoms with van der Waals surface area (Å²) in [6.45, 7) is 2.51. The molecule has 1 aromatic heterocycles. The lowest BCUT2D eigenvalue weighted by Gasteiger charge is -2.51. The molecule has 136 valence electrons. The van der Waals surface area contributed by atoms with Crippen LogP contribution in [0.3, 0.4) is 0 Å². The Morgan fingerprint density at radius 1 is 1.08 bits per heavy atom. The largest absolute Gasteiger partial charge is 0.357 e. The molecular formula is C20H21F2N3O. The van der Waals surface area contributed by atoms with Crippen molar-refractivity contribution in [2.24, 2.45) is 5.92 Å². The predicted octanol–water partition coefficient (Wildman–Crippen LogP) is 3.00. The third-order valence-electron chi connectivity index (χ3n) is 6.40. The van der Waals surface area contributed by atoms with E-state index >= 15 is 0 Å². The predicted molar refractivity (Wildman–Crippen MR) is 92.8 cm³/mol. The first-order chi connectivity index (χ1) is 12.6. The van der Waals surface area contributed by atoms with Crippen LogP contribution in [-0.2, 0) is 0 Å². The summed E-state index contributed by atoms with van der Waals surface area (Å²) in [5.41, 5.74) is 1.23. The lowest BCUT2D eigenvalue weighted by Crippen LogP contribution is -2.60. The third-order valence-corrected chi connectivity index (χ3v) is 6.40. The van der Waals surface area contributed by atoms with Crippen molar-refractivity contribution in [1.29, 1.82) is 0 Å². The van der Waals surface area contributed by atoms with E-state index in [0.29, 0.717) is 23.7 Å². The molecule has 3 atom stereocenters. The Bertz CT molecular complexity index is 809. The first kappa shape index (κ1) is 16.0. The number of carbonyl (C=O) groups is 1. The summed E-state index contributed by atoms with van der Waals surface area (Å²) in [5.74, 6) is -0.721. The molecule has 5 heterocycles. The van der Waals surface area contributed by atoms with Crippen molar-refractivity contribution in [3.05, 3.63) is 59.4 Å². The van der Waals surface area contributed by atoms with Crippen LogP contribution in [-0.4, -0.2) is 52.4 Å². The minimum Gasteiger partial charge on any atom is -0.357 e. The second kappa shape index (κ2) is 5.91. The number of aromatic amines is 1. The monoisotopic (exact) mass is 357 g/mol. The average molecular weight is 357 g/mol. The highest BCUT2D eigenvalue weighted by atomic mass is 19.1.